The number of aliphatic hydroxyl groups excluding tert-OH is 2. The highest BCUT2D eigenvalue weighted by atomic mass is 19.1. The number of halogens is 1. The van der Waals surface area contributed by atoms with Crippen molar-refractivity contribution in [3.05, 3.63) is 40.7 Å². The molecule has 1 aromatic rings. The molecule has 0 spiro atoms. The predicted molar refractivity (Wildman–Crippen MR) is 69.2 cm³/mol. The SMILES string of the molecule is C=Cc1cn(C2OC(CO)C(O)/C2=C\F)c(=O)nc1N. The van der Waals surface area contributed by atoms with E-state index in [9.17, 15) is 14.3 Å². The van der Waals surface area contributed by atoms with Gasteiger partial charge < -0.3 is 20.7 Å². The summed E-state index contributed by atoms with van der Waals surface area (Å²) < 4.78 is 19.2. The molecule has 0 amide bonds. The topological polar surface area (TPSA) is 111 Å². The molecule has 2 rings (SSSR count). The molecule has 7 nitrogen and oxygen atoms in total. The summed E-state index contributed by atoms with van der Waals surface area (Å²) in [5.41, 5.74) is 4.97. The third kappa shape index (κ3) is 2.24. The zero-order chi connectivity index (χ0) is 14.9. The van der Waals surface area contributed by atoms with Gasteiger partial charge in [-0.15, -0.1) is 0 Å². The van der Waals surface area contributed by atoms with Crippen molar-refractivity contribution in [1.82, 2.24) is 9.55 Å². The molecule has 2 heterocycles. The van der Waals surface area contributed by atoms with Gasteiger partial charge in [-0.05, 0) is 0 Å². The van der Waals surface area contributed by atoms with E-state index in [-0.39, 0.29) is 17.7 Å². The molecule has 0 bridgehead atoms. The zero-order valence-electron chi connectivity index (χ0n) is 10.4. The van der Waals surface area contributed by atoms with Gasteiger partial charge in [0.05, 0.1) is 12.9 Å². The molecule has 3 unspecified atom stereocenters. The molecule has 0 saturated carbocycles. The normalized spacial score (nSPS) is 27.9. The molecule has 108 valence electrons. The average molecular weight is 283 g/mol. The Morgan fingerprint density at radius 1 is 1.65 bits per heavy atom. The monoisotopic (exact) mass is 283 g/mol. The number of aliphatic hydroxyl groups is 2. The summed E-state index contributed by atoms with van der Waals surface area (Å²) in [7, 11) is 0. The van der Waals surface area contributed by atoms with E-state index < -0.39 is 30.7 Å². The molecule has 1 aliphatic rings. The number of nitrogen functional groups attached to an aromatic ring is 1. The van der Waals surface area contributed by atoms with Crippen molar-refractivity contribution in [1.29, 1.82) is 0 Å². The van der Waals surface area contributed by atoms with Crippen molar-refractivity contribution in [3.63, 3.8) is 0 Å². The summed E-state index contributed by atoms with van der Waals surface area (Å²) in [6.07, 6.45) is -0.706. The van der Waals surface area contributed by atoms with Crippen molar-refractivity contribution < 1.29 is 19.3 Å². The minimum atomic E-state index is -1.34. The quantitative estimate of drug-likeness (QED) is 0.694. The maximum Gasteiger partial charge on any atom is 0.351 e. The summed E-state index contributed by atoms with van der Waals surface area (Å²) in [5.74, 6) is -0.00992. The van der Waals surface area contributed by atoms with Crippen molar-refractivity contribution >= 4 is 11.9 Å². The predicted octanol–water partition coefficient (Wildman–Crippen LogP) is -0.428. The lowest BCUT2D eigenvalue weighted by Crippen LogP contribution is -2.29. The van der Waals surface area contributed by atoms with Gasteiger partial charge in [0.1, 0.15) is 18.0 Å². The second-order valence-corrected chi connectivity index (χ2v) is 4.24. The lowest BCUT2D eigenvalue weighted by atomic mass is 10.1. The summed E-state index contributed by atoms with van der Waals surface area (Å²) in [6.45, 7) is 3.01. The Kier molecular flexibility index (Phi) is 3.98. The van der Waals surface area contributed by atoms with Gasteiger partial charge in [-0.3, -0.25) is 4.57 Å². The number of nitrogens with two attached hydrogens (primary N) is 1. The molecule has 20 heavy (non-hydrogen) atoms. The van der Waals surface area contributed by atoms with Gasteiger partial charge in [0.15, 0.2) is 6.23 Å². The fourth-order valence-corrected chi connectivity index (χ4v) is 1.99. The van der Waals surface area contributed by atoms with E-state index >= 15 is 0 Å². The van der Waals surface area contributed by atoms with E-state index in [2.05, 4.69) is 11.6 Å². The molecule has 4 N–H and O–H groups in total. The van der Waals surface area contributed by atoms with Crippen molar-refractivity contribution in [3.8, 4) is 0 Å². The van der Waals surface area contributed by atoms with E-state index in [0.29, 0.717) is 5.56 Å². The van der Waals surface area contributed by atoms with Crippen LogP contribution in [0.3, 0.4) is 0 Å². The summed E-state index contributed by atoms with van der Waals surface area (Å²) in [5, 5.41) is 18.8. The zero-order valence-corrected chi connectivity index (χ0v) is 10.4. The first-order valence-electron chi connectivity index (χ1n) is 5.79. The molecule has 3 atom stereocenters. The van der Waals surface area contributed by atoms with Crippen molar-refractivity contribution in [2.45, 2.75) is 18.4 Å². The number of ether oxygens (including phenoxy) is 1. The number of aromatic nitrogens is 2. The Morgan fingerprint density at radius 3 is 2.90 bits per heavy atom. The van der Waals surface area contributed by atoms with Gasteiger partial charge in [-0.25, -0.2) is 9.18 Å². The molecular formula is C12H14FN3O4. The Hall–Kier alpha value is -2.03. The fraction of sp³-hybridized carbons (Fsp3) is 0.333. The molecular weight excluding hydrogens is 269 g/mol. The van der Waals surface area contributed by atoms with E-state index in [1.807, 2.05) is 0 Å². The third-order valence-corrected chi connectivity index (χ3v) is 3.07. The highest BCUT2D eigenvalue weighted by Crippen LogP contribution is 2.33. The highest BCUT2D eigenvalue weighted by molar-refractivity contribution is 5.58. The van der Waals surface area contributed by atoms with Crippen LogP contribution in [0, 0.1) is 0 Å². The summed E-state index contributed by atoms with van der Waals surface area (Å²) in [4.78, 5) is 15.4. The maximum atomic E-state index is 12.9. The number of hydrogen-bond acceptors (Lipinski definition) is 6. The lowest BCUT2D eigenvalue weighted by molar-refractivity contribution is -0.0447. The van der Waals surface area contributed by atoms with Crippen LogP contribution in [0.1, 0.15) is 11.8 Å². The van der Waals surface area contributed by atoms with E-state index in [1.165, 1.54) is 12.3 Å². The minimum Gasteiger partial charge on any atom is -0.394 e. The van der Waals surface area contributed by atoms with Crippen molar-refractivity contribution in [2.75, 3.05) is 12.3 Å². The van der Waals surface area contributed by atoms with Gasteiger partial charge in [0.2, 0.25) is 0 Å². The Morgan fingerprint density at radius 2 is 2.35 bits per heavy atom. The molecule has 0 radical (unpaired) electrons. The highest BCUT2D eigenvalue weighted by Gasteiger charge is 2.40. The minimum absolute atomic E-state index is 0.00992. The first kappa shape index (κ1) is 14.4. The number of anilines is 1. The first-order valence-corrected chi connectivity index (χ1v) is 5.79. The molecule has 1 fully saturated rings. The molecule has 1 aliphatic heterocycles. The Labute approximate surface area is 113 Å². The molecule has 8 heteroatoms. The van der Waals surface area contributed by atoms with Crippen LogP contribution >= 0.6 is 0 Å². The van der Waals surface area contributed by atoms with Crippen LogP contribution in [0.4, 0.5) is 10.2 Å². The largest absolute Gasteiger partial charge is 0.394 e. The Balaban J connectivity index is 2.51. The van der Waals surface area contributed by atoms with Gasteiger partial charge in [0.25, 0.3) is 0 Å². The maximum absolute atomic E-state index is 12.9. The summed E-state index contributed by atoms with van der Waals surface area (Å²) >= 11 is 0. The number of hydrogen-bond donors (Lipinski definition) is 3. The van der Waals surface area contributed by atoms with E-state index in [1.54, 1.807) is 0 Å². The second kappa shape index (κ2) is 5.53. The van der Waals surface area contributed by atoms with Crippen LogP contribution in [0.15, 0.2) is 29.5 Å². The van der Waals surface area contributed by atoms with E-state index in [0.717, 1.165) is 4.57 Å². The fourth-order valence-electron chi connectivity index (χ4n) is 1.99. The Bertz CT molecular complexity index is 613. The summed E-state index contributed by atoms with van der Waals surface area (Å²) in [6, 6.07) is 0. The molecule has 1 saturated heterocycles. The standard InChI is InChI=1S/C12H14FN3O4/c1-2-6-4-16(12(19)15-10(6)14)11-7(3-13)9(18)8(5-17)20-11/h2-4,8-9,11,17-18H,1,5H2,(H2,14,15,19)/b7-3+. The number of nitrogens with zero attached hydrogens (tertiary/aromatic N) is 2. The number of rotatable bonds is 3. The van der Waals surface area contributed by atoms with Crippen molar-refractivity contribution in [2.24, 2.45) is 0 Å². The average Bonchev–Trinajstić information content (AvgIpc) is 2.75. The van der Waals surface area contributed by atoms with Crippen LogP contribution in [0.5, 0.6) is 0 Å². The smallest absolute Gasteiger partial charge is 0.351 e. The van der Waals surface area contributed by atoms with Gasteiger partial charge in [0, 0.05) is 17.3 Å². The molecule has 1 aromatic heterocycles. The van der Waals surface area contributed by atoms with Crippen LogP contribution in [0.25, 0.3) is 6.08 Å². The third-order valence-electron chi connectivity index (χ3n) is 3.07. The molecule has 0 aromatic carbocycles. The van der Waals surface area contributed by atoms with Gasteiger partial charge in [-0.1, -0.05) is 12.7 Å². The van der Waals surface area contributed by atoms with Gasteiger partial charge >= 0.3 is 5.69 Å². The van der Waals surface area contributed by atoms with Crippen LogP contribution in [0.2, 0.25) is 0 Å². The first-order chi connectivity index (χ1) is 9.53. The second-order valence-electron chi connectivity index (χ2n) is 4.24. The van der Waals surface area contributed by atoms with E-state index in [4.69, 9.17) is 15.6 Å². The van der Waals surface area contributed by atoms with Gasteiger partial charge in [-0.2, -0.15) is 4.98 Å². The van der Waals surface area contributed by atoms with Crippen LogP contribution in [-0.4, -0.2) is 38.6 Å². The van der Waals surface area contributed by atoms with Crippen LogP contribution < -0.4 is 11.4 Å². The molecule has 0 aliphatic carbocycles. The lowest BCUT2D eigenvalue weighted by Gasteiger charge is -2.15. The van der Waals surface area contributed by atoms with Crippen LogP contribution in [-0.2, 0) is 4.74 Å².